The van der Waals surface area contributed by atoms with Crippen LogP contribution in [0.5, 0.6) is 5.75 Å². The number of ether oxygens (including phenoxy) is 2. The summed E-state index contributed by atoms with van der Waals surface area (Å²) in [7, 11) is 0. The van der Waals surface area contributed by atoms with Crippen LogP contribution in [0.1, 0.15) is 32.4 Å². The molecule has 2 aromatic carbocycles. The standard InChI is InChI=1S/C20H22ClNO4/c1-14(15-7-5-4-6-8-15)22-18(23)13-25-19(24)20(2,3)26-17-11-9-16(21)10-12-17/h4-12,14H,13H2,1-3H3,(H,22,23)/t14-/m0/s1. The van der Waals surface area contributed by atoms with E-state index in [0.29, 0.717) is 10.8 Å². The van der Waals surface area contributed by atoms with Gasteiger partial charge in [0.05, 0.1) is 6.04 Å². The first kappa shape index (κ1) is 19.8. The second kappa shape index (κ2) is 8.72. The minimum atomic E-state index is -1.24. The molecule has 0 saturated heterocycles. The predicted molar refractivity (Wildman–Crippen MR) is 100 cm³/mol. The molecule has 5 nitrogen and oxygen atoms in total. The molecule has 6 heteroatoms. The molecule has 0 aromatic heterocycles. The molecule has 0 fully saturated rings. The highest BCUT2D eigenvalue weighted by atomic mass is 35.5. The lowest BCUT2D eigenvalue weighted by Crippen LogP contribution is -2.41. The summed E-state index contributed by atoms with van der Waals surface area (Å²) < 4.78 is 10.7. The van der Waals surface area contributed by atoms with Crippen LogP contribution in [0, 0.1) is 0 Å². The van der Waals surface area contributed by atoms with E-state index < -0.39 is 11.6 Å². The van der Waals surface area contributed by atoms with E-state index in [4.69, 9.17) is 21.1 Å². The molecule has 0 bridgehead atoms. The molecule has 0 unspecified atom stereocenters. The molecule has 26 heavy (non-hydrogen) atoms. The highest BCUT2D eigenvalue weighted by molar-refractivity contribution is 6.30. The molecule has 1 atom stereocenters. The van der Waals surface area contributed by atoms with E-state index in [-0.39, 0.29) is 18.6 Å². The molecule has 2 aromatic rings. The Bertz CT molecular complexity index is 744. The van der Waals surface area contributed by atoms with Gasteiger partial charge in [-0.1, -0.05) is 41.9 Å². The number of rotatable bonds is 7. The summed E-state index contributed by atoms with van der Waals surface area (Å²) in [4.78, 5) is 24.3. The molecule has 138 valence electrons. The van der Waals surface area contributed by atoms with E-state index in [1.54, 1.807) is 38.1 Å². The fraction of sp³-hybridized carbons (Fsp3) is 0.300. The van der Waals surface area contributed by atoms with E-state index in [0.717, 1.165) is 5.56 Å². The smallest absolute Gasteiger partial charge is 0.350 e. The van der Waals surface area contributed by atoms with Gasteiger partial charge in [-0.15, -0.1) is 0 Å². The van der Waals surface area contributed by atoms with Gasteiger partial charge >= 0.3 is 5.97 Å². The van der Waals surface area contributed by atoms with Crippen molar-refractivity contribution in [3.8, 4) is 5.75 Å². The van der Waals surface area contributed by atoms with Gasteiger partial charge in [0.2, 0.25) is 0 Å². The quantitative estimate of drug-likeness (QED) is 0.745. The summed E-state index contributed by atoms with van der Waals surface area (Å²) in [6.07, 6.45) is 0. The first-order valence-corrected chi connectivity index (χ1v) is 8.62. The summed E-state index contributed by atoms with van der Waals surface area (Å²) in [5.74, 6) is -0.523. The van der Waals surface area contributed by atoms with Crippen LogP contribution in [-0.2, 0) is 14.3 Å². The SMILES string of the molecule is C[C@H](NC(=O)COC(=O)C(C)(C)Oc1ccc(Cl)cc1)c1ccccc1. The second-order valence-electron chi connectivity index (χ2n) is 6.34. The van der Waals surface area contributed by atoms with Gasteiger partial charge in [0.25, 0.3) is 5.91 Å². The van der Waals surface area contributed by atoms with Crippen molar-refractivity contribution < 1.29 is 19.1 Å². The molecule has 0 aliphatic rings. The Morgan fingerprint density at radius 2 is 1.69 bits per heavy atom. The predicted octanol–water partition coefficient (Wildman–Crippen LogP) is 3.92. The number of esters is 1. The molecule has 0 aliphatic carbocycles. The van der Waals surface area contributed by atoms with Crippen molar-refractivity contribution in [3.05, 3.63) is 65.2 Å². The van der Waals surface area contributed by atoms with Gasteiger partial charge < -0.3 is 14.8 Å². The summed E-state index contributed by atoms with van der Waals surface area (Å²) in [6, 6.07) is 16.0. The Morgan fingerprint density at radius 3 is 2.31 bits per heavy atom. The molecule has 0 saturated carbocycles. The second-order valence-corrected chi connectivity index (χ2v) is 6.78. The van der Waals surface area contributed by atoms with Crippen molar-refractivity contribution in [2.24, 2.45) is 0 Å². The van der Waals surface area contributed by atoms with Crippen LogP contribution < -0.4 is 10.1 Å². The van der Waals surface area contributed by atoms with Crippen LogP contribution in [0.15, 0.2) is 54.6 Å². The Labute approximate surface area is 158 Å². The minimum Gasteiger partial charge on any atom is -0.476 e. The zero-order valence-electron chi connectivity index (χ0n) is 15.0. The fourth-order valence-electron chi connectivity index (χ4n) is 2.25. The van der Waals surface area contributed by atoms with Crippen LogP contribution >= 0.6 is 11.6 Å². The van der Waals surface area contributed by atoms with Crippen LogP contribution in [-0.4, -0.2) is 24.1 Å². The van der Waals surface area contributed by atoms with E-state index in [1.165, 1.54) is 0 Å². The fourth-order valence-corrected chi connectivity index (χ4v) is 2.38. The number of amides is 1. The Hall–Kier alpha value is -2.53. The molecule has 1 amide bonds. The molecule has 0 spiro atoms. The van der Waals surface area contributed by atoms with Crippen molar-refractivity contribution >= 4 is 23.5 Å². The van der Waals surface area contributed by atoms with Gasteiger partial charge in [-0.25, -0.2) is 4.79 Å². The van der Waals surface area contributed by atoms with Gasteiger partial charge in [0, 0.05) is 5.02 Å². The number of hydrogen-bond donors (Lipinski definition) is 1. The van der Waals surface area contributed by atoms with E-state index in [1.807, 2.05) is 37.3 Å². The topological polar surface area (TPSA) is 64.6 Å². The van der Waals surface area contributed by atoms with Gasteiger partial charge in [-0.3, -0.25) is 4.79 Å². The van der Waals surface area contributed by atoms with Crippen LogP contribution in [0.2, 0.25) is 5.02 Å². The monoisotopic (exact) mass is 375 g/mol. The maximum Gasteiger partial charge on any atom is 0.350 e. The average Bonchev–Trinajstić information content (AvgIpc) is 2.62. The number of carbonyl (C=O) groups is 2. The highest BCUT2D eigenvalue weighted by Crippen LogP contribution is 2.21. The maximum absolute atomic E-state index is 12.2. The van der Waals surface area contributed by atoms with Gasteiger partial charge in [-0.2, -0.15) is 0 Å². The Balaban J connectivity index is 1.84. The molecule has 2 rings (SSSR count). The van der Waals surface area contributed by atoms with Crippen LogP contribution in [0.25, 0.3) is 0 Å². The van der Waals surface area contributed by atoms with Crippen molar-refractivity contribution in [2.45, 2.75) is 32.4 Å². The summed E-state index contributed by atoms with van der Waals surface area (Å²) in [6.45, 7) is 4.65. The molecule has 0 aliphatic heterocycles. The zero-order valence-corrected chi connectivity index (χ0v) is 15.7. The van der Waals surface area contributed by atoms with Crippen molar-refractivity contribution in [1.82, 2.24) is 5.32 Å². The third-order valence-electron chi connectivity index (χ3n) is 3.69. The number of benzene rings is 2. The normalized spacial score (nSPS) is 12.2. The van der Waals surface area contributed by atoms with Gasteiger partial charge in [-0.05, 0) is 50.6 Å². The highest BCUT2D eigenvalue weighted by Gasteiger charge is 2.32. The first-order chi connectivity index (χ1) is 12.3. The summed E-state index contributed by atoms with van der Waals surface area (Å²) >= 11 is 5.82. The van der Waals surface area contributed by atoms with Gasteiger partial charge in [0.15, 0.2) is 12.2 Å². The summed E-state index contributed by atoms with van der Waals surface area (Å²) in [5, 5.41) is 3.36. The number of carbonyl (C=O) groups excluding carboxylic acids is 2. The lowest BCUT2D eigenvalue weighted by molar-refractivity contribution is -0.162. The van der Waals surface area contributed by atoms with Crippen LogP contribution in [0.4, 0.5) is 0 Å². The molecular formula is C20H22ClNO4. The van der Waals surface area contributed by atoms with Gasteiger partial charge in [0.1, 0.15) is 5.75 Å². The largest absolute Gasteiger partial charge is 0.476 e. The zero-order chi connectivity index (χ0) is 19.2. The van der Waals surface area contributed by atoms with E-state index in [9.17, 15) is 9.59 Å². The van der Waals surface area contributed by atoms with Crippen molar-refractivity contribution in [3.63, 3.8) is 0 Å². The van der Waals surface area contributed by atoms with Crippen molar-refractivity contribution in [2.75, 3.05) is 6.61 Å². The maximum atomic E-state index is 12.2. The first-order valence-electron chi connectivity index (χ1n) is 8.24. The Morgan fingerprint density at radius 1 is 1.08 bits per heavy atom. The van der Waals surface area contributed by atoms with Crippen molar-refractivity contribution in [1.29, 1.82) is 0 Å². The van der Waals surface area contributed by atoms with Crippen LogP contribution in [0.3, 0.4) is 0 Å². The minimum absolute atomic E-state index is 0.180. The third-order valence-corrected chi connectivity index (χ3v) is 3.94. The molecule has 0 heterocycles. The lowest BCUT2D eigenvalue weighted by atomic mass is 10.1. The van der Waals surface area contributed by atoms with E-state index in [2.05, 4.69) is 5.32 Å². The Kier molecular flexibility index (Phi) is 6.64. The molecule has 1 N–H and O–H groups in total. The molecular weight excluding hydrogens is 354 g/mol. The number of hydrogen-bond acceptors (Lipinski definition) is 4. The van der Waals surface area contributed by atoms with E-state index >= 15 is 0 Å². The number of nitrogens with one attached hydrogen (secondary N) is 1. The number of halogens is 1. The summed E-state index contributed by atoms with van der Waals surface area (Å²) in [5.41, 5.74) is -0.266. The third kappa shape index (κ3) is 5.77. The average molecular weight is 376 g/mol. The lowest BCUT2D eigenvalue weighted by Gasteiger charge is -2.24. The molecule has 0 radical (unpaired) electrons.